The number of carbonyl (C=O) groups excluding carboxylic acids is 1. The summed E-state index contributed by atoms with van der Waals surface area (Å²) in [5.74, 6) is 0.266. The molecule has 0 aliphatic carbocycles. The number of methoxy groups -OCH3 is 1. The lowest BCUT2D eigenvalue weighted by Crippen LogP contribution is -3.16. The summed E-state index contributed by atoms with van der Waals surface area (Å²) in [4.78, 5) is 14.0. The zero-order chi connectivity index (χ0) is 21.0. The quantitative estimate of drug-likeness (QED) is 0.692. The lowest BCUT2D eigenvalue weighted by molar-refractivity contribution is -0.907. The van der Waals surface area contributed by atoms with Crippen molar-refractivity contribution in [1.82, 2.24) is 4.31 Å². The summed E-state index contributed by atoms with van der Waals surface area (Å²) in [7, 11) is -2.08. The Kier molecular flexibility index (Phi) is 7.15. The molecule has 162 valence electrons. The summed E-state index contributed by atoms with van der Waals surface area (Å²) in [5, 5.41) is 2.85. The van der Waals surface area contributed by atoms with E-state index in [9.17, 15) is 13.2 Å². The predicted molar refractivity (Wildman–Crippen MR) is 110 cm³/mol. The number of hydrogen-bond acceptors (Lipinski definition) is 5. The SMILES string of the molecule is COc1ccc(S(=O)(=O)N2CCCCC2)cc1NC(=O)C[NH+]1C[C@@H](C)O[C@@H](C)C1. The fourth-order valence-electron chi connectivity index (χ4n) is 4.15. The van der Waals surface area contributed by atoms with Crippen LogP contribution in [0, 0.1) is 0 Å². The number of benzene rings is 1. The number of hydrogen-bond donors (Lipinski definition) is 2. The van der Waals surface area contributed by atoms with Crippen molar-refractivity contribution in [2.45, 2.75) is 50.2 Å². The molecule has 2 aliphatic rings. The molecule has 2 N–H and O–H groups in total. The Morgan fingerprint density at radius 2 is 1.86 bits per heavy atom. The first kappa shape index (κ1) is 22.0. The first-order chi connectivity index (χ1) is 13.8. The first-order valence-corrected chi connectivity index (χ1v) is 11.7. The van der Waals surface area contributed by atoms with Crippen LogP contribution in [0.5, 0.6) is 5.75 Å². The minimum atomic E-state index is -3.58. The molecule has 0 aromatic heterocycles. The number of sulfonamides is 1. The van der Waals surface area contributed by atoms with Crippen LogP contribution in [-0.2, 0) is 19.6 Å². The summed E-state index contributed by atoms with van der Waals surface area (Å²) in [5.41, 5.74) is 0.379. The van der Waals surface area contributed by atoms with Crippen LogP contribution in [0.4, 0.5) is 5.69 Å². The van der Waals surface area contributed by atoms with E-state index in [0.717, 1.165) is 37.3 Å². The van der Waals surface area contributed by atoms with Crippen molar-refractivity contribution in [3.8, 4) is 5.75 Å². The number of piperidine rings is 1. The molecule has 0 bridgehead atoms. The van der Waals surface area contributed by atoms with Gasteiger partial charge in [-0.2, -0.15) is 4.31 Å². The van der Waals surface area contributed by atoms with Gasteiger partial charge in [0, 0.05) is 13.1 Å². The molecule has 2 aliphatic heterocycles. The second-order valence-corrected chi connectivity index (χ2v) is 9.91. The summed E-state index contributed by atoms with van der Waals surface area (Å²) in [6.45, 7) is 6.90. The van der Waals surface area contributed by atoms with Gasteiger partial charge in [-0.3, -0.25) is 4.79 Å². The molecule has 1 aromatic carbocycles. The molecule has 3 rings (SSSR count). The van der Waals surface area contributed by atoms with Gasteiger partial charge in [0.1, 0.15) is 31.0 Å². The van der Waals surface area contributed by atoms with Gasteiger partial charge in [0.05, 0.1) is 17.7 Å². The highest BCUT2D eigenvalue weighted by atomic mass is 32.2. The Bertz CT molecular complexity index is 813. The highest BCUT2D eigenvalue weighted by Gasteiger charge is 2.29. The molecular formula is C20H32N3O5S+. The van der Waals surface area contributed by atoms with Crippen LogP contribution in [0.3, 0.4) is 0 Å². The van der Waals surface area contributed by atoms with E-state index in [2.05, 4.69) is 5.32 Å². The molecule has 29 heavy (non-hydrogen) atoms. The number of anilines is 1. The topological polar surface area (TPSA) is 89.4 Å². The number of morpholine rings is 1. The lowest BCUT2D eigenvalue weighted by Gasteiger charge is -2.32. The van der Waals surface area contributed by atoms with E-state index in [1.165, 1.54) is 23.5 Å². The second kappa shape index (κ2) is 9.42. The fourth-order valence-corrected chi connectivity index (χ4v) is 5.70. The third kappa shape index (κ3) is 5.48. The van der Waals surface area contributed by atoms with Gasteiger partial charge in [-0.15, -0.1) is 0 Å². The maximum Gasteiger partial charge on any atom is 0.279 e. The van der Waals surface area contributed by atoms with Crippen LogP contribution in [0.2, 0.25) is 0 Å². The summed E-state index contributed by atoms with van der Waals surface area (Å²) >= 11 is 0. The van der Waals surface area contributed by atoms with E-state index in [0.29, 0.717) is 31.1 Å². The standard InChI is InChI=1S/C20H31N3O5S/c1-15-12-22(13-16(2)28-15)14-20(24)21-18-11-17(7-8-19(18)27-3)29(25,26)23-9-5-4-6-10-23/h7-8,11,15-16H,4-6,9-10,12-14H2,1-3H3,(H,21,24)/p+1/t15-,16+. The van der Waals surface area contributed by atoms with Crippen molar-refractivity contribution < 1.29 is 27.6 Å². The second-order valence-electron chi connectivity index (χ2n) is 7.97. The third-order valence-corrected chi connectivity index (χ3v) is 7.32. The molecule has 0 radical (unpaired) electrons. The monoisotopic (exact) mass is 426 g/mol. The molecule has 3 atom stereocenters. The number of nitrogens with one attached hydrogen (secondary N) is 2. The Morgan fingerprint density at radius 3 is 2.48 bits per heavy atom. The average Bonchev–Trinajstić information content (AvgIpc) is 2.67. The number of nitrogens with zero attached hydrogens (tertiary/aromatic N) is 1. The van der Waals surface area contributed by atoms with Crippen molar-refractivity contribution in [3.05, 3.63) is 18.2 Å². The Balaban J connectivity index is 1.74. The van der Waals surface area contributed by atoms with E-state index in [1.807, 2.05) is 13.8 Å². The highest BCUT2D eigenvalue weighted by molar-refractivity contribution is 7.89. The largest absolute Gasteiger partial charge is 0.495 e. The van der Waals surface area contributed by atoms with Crippen molar-refractivity contribution in [2.24, 2.45) is 0 Å². The Morgan fingerprint density at radius 1 is 1.21 bits per heavy atom. The van der Waals surface area contributed by atoms with Gasteiger partial charge in [0.25, 0.3) is 5.91 Å². The van der Waals surface area contributed by atoms with Gasteiger partial charge in [-0.05, 0) is 44.9 Å². The summed E-state index contributed by atoms with van der Waals surface area (Å²) in [6.07, 6.45) is 3.01. The van der Waals surface area contributed by atoms with E-state index >= 15 is 0 Å². The van der Waals surface area contributed by atoms with E-state index in [4.69, 9.17) is 9.47 Å². The molecule has 0 saturated carbocycles. The maximum absolute atomic E-state index is 13.0. The van der Waals surface area contributed by atoms with Gasteiger partial charge in [0.2, 0.25) is 10.0 Å². The molecule has 2 fully saturated rings. The van der Waals surface area contributed by atoms with E-state index < -0.39 is 10.0 Å². The maximum atomic E-state index is 13.0. The smallest absolute Gasteiger partial charge is 0.279 e. The van der Waals surface area contributed by atoms with Gasteiger partial charge < -0.3 is 19.7 Å². The zero-order valence-electron chi connectivity index (χ0n) is 17.4. The van der Waals surface area contributed by atoms with Crippen LogP contribution in [0.25, 0.3) is 0 Å². The summed E-state index contributed by atoms with van der Waals surface area (Å²) in [6, 6.07) is 4.63. The van der Waals surface area contributed by atoms with E-state index in [1.54, 1.807) is 6.07 Å². The normalized spacial score (nSPS) is 26.1. The minimum Gasteiger partial charge on any atom is -0.495 e. The number of ether oxygens (including phenoxy) is 2. The van der Waals surface area contributed by atoms with E-state index in [-0.39, 0.29) is 23.0 Å². The molecule has 1 aromatic rings. The van der Waals surface area contributed by atoms with Crippen LogP contribution in [0.1, 0.15) is 33.1 Å². The van der Waals surface area contributed by atoms with Crippen molar-refractivity contribution in [2.75, 3.05) is 45.2 Å². The molecule has 8 nitrogen and oxygen atoms in total. The third-order valence-electron chi connectivity index (χ3n) is 5.43. The van der Waals surface area contributed by atoms with Gasteiger partial charge in [0.15, 0.2) is 6.54 Å². The molecule has 2 heterocycles. The van der Waals surface area contributed by atoms with Gasteiger partial charge in [-0.1, -0.05) is 6.42 Å². The molecular weight excluding hydrogens is 394 g/mol. The zero-order valence-corrected chi connectivity index (χ0v) is 18.3. The number of quaternary nitrogens is 1. The van der Waals surface area contributed by atoms with Crippen molar-refractivity contribution in [1.29, 1.82) is 0 Å². The summed E-state index contributed by atoms with van der Waals surface area (Å²) < 4.78 is 38.5. The van der Waals surface area contributed by atoms with Gasteiger partial charge in [-0.25, -0.2) is 8.42 Å². The first-order valence-electron chi connectivity index (χ1n) is 10.3. The average molecular weight is 427 g/mol. The highest BCUT2D eigenvalue weighted by Crippen LogP contribution is 2.29. The predicted octanol–water partition coefficient (Wildman–Crippen LogP) is 0.500. The van der Waals surface area contributed by atoms with Crippen LogP contribution in [0.15, 0.2) is 23.1 Å². The lowest BCUT2D eigenvalue weighted by atomic mass is 10.2. The van der Waals surface area contributed by atoms with Crippen LogP contribution >= 0.6 is 0 Å². The number of carbonyl (C=O) groups is 1. The fraction of sp³-hybridized carbons (Fsp3) is 0.650. The molecule has 1 amide bonds. The molecule has 2 saturated heterocycles. The van der Waals surface area contributed by atoms with Crippen molar-refractivity contribution in [3.63, 3.8) is 0 Å². The molecule has 1 unspecified atom stereocenters. The van der Waals surface area contributed by atoms with Gasteiger partial charge >= 0.3 is 0 Å². The van der Waals surface area contributed by atoms with Crippen LogP contribution < -0.4 is 15.0 Å². The van der Waals surface area contributed by atoms with Crippen molar-refractivity contribution >= 4 is 21.6 Å². The minimum absolute atomic E-state index is 0.106. The molecule has 0 spiro atoms. The van der Waals surface area contributed by atoms with Crippen LogP contribution in [-0.4, -0.2) is 70.7 Å². The Labute approximate surface area is 173 Å². The number of rotatable bonds is 6. The molecule has 9 heteroatoms. The number of amides is 1. The Hall–Kier alpha value is -1.68.